The lowest BCUT2D eigenvalue weighted by Crippen LogP contribution is -2.39. The molecule has 0 spiro atoms. The fourth-order valence-electron chi connectivity index (χ4n) is 3.04. The molecule has 112 valence electrons. The van der Waals surface area contributed by atoms with E-state index in [1.54, 1.807) is 0 Å². The van der Waals surface area contributed by atoms with Crippen LogP contribution >= 0.6 is 23.2 Å². The smallest absolute Gasteiger partial charge is 0.0595 e. The van der Waals surface area contributed by atoms with E-state index in [1.807, 2.05) is 12.1 Å². The minimum absolute atomic E-state index is 0.351. The van der Waals surface area contributed by atoms with Gasteiger partial charge in [-0.2, -0.15) is 0 Å². The van der Waals surface area contributed by atoms with Crippen LogP contribution in [0.4, 0.5) is 0 Å². The summed E-state index contributed by atoms with van der Waals surface area (Å²) in [6, 6.07) is 6.98. The van der Waals surface area contributed by atoms with Crippen molar-refractivity contribution in [2.45, 2.75) is 38.8 Å². The highest BCUT2D eigenvalue weighted by Crippen LogP contribution is 2.28. The van der Waals surface area contributed by atoms with Crippen LogP contribution in [0, 0.1) is 0 Å². The second-order valence-electron chi connectivity index (χ2n) is 5.71. The Bertz CT molecular complexity index is 450. The van der Waals surface area contributed by atoms with Crippen LogP contribution in [0.1, 0.15) is 38.3 Å². The van der Waals surface area contributed by atoms with Crippen molar-refractivity contribution < 1.29 is 0 Å². The number of likely N-dealkylation sites (N-methyl/N-ethyl adjacent to an activating group) is 2. The van der Waals surface area contributed by atoms with Gasteiger partial charge in [0, 0.05) is 18.6 Å². The van der Waals surface area contributed by atoms with Gasteiger partial charge in [-0.05, 0) is 57.6 Å². The first-order valence-electron chi connectivity index (χ1n) is 7.42. The fourth-order valence-corrected chi connectivity index (χ4v) is 3.34. The summed E-state index contributed by atoms with van der Waals surface area (Å²) >= 11 is 12.1. The highest BCUT2D eigenvalue weighted by molar-refractivity contribution is 6.42. The van der Waals surface area contributed by atoms with Crippen molar-refractivity contribution in [3.05, 3.63) is 33.8 Å². The van der Waals surface area contributed by atoms with Gasteiger partial charge in [0.2, 0.25) is 0 Å². The maximum Gasteiger partial charge on any atom is 0.0595 e. The summed E-state index contributed by atoms with van der Waals surface area (Å²) in [5.74, 6) is 0. The second-order valence-corrected chi connectivity index (χ2v) is 6.53. The van der Waals surface area contributed by atoms with Gasteiger partial charge < -0.3 is 0 Å². The van der Waals surface area contributed by atoms with Gasteiger partial charge in [-0.1, -0.05) is 36.2 Å². The Labute approximate surface area is 132 Å². The molecule has 1 saturated heterocycles. The minimum atomic E-state index is 0.351. The van der Waals surface area contributed by atoms with E-state index in [0.29, 0.717) is 22.1 Å². The molecular weight excluding hydrogens is 291 g/mol. The van der Waals surface area contributed by atoms with E-state index in [2.05, 4.69) is 36.8 Å². The molecule has 20 heavy (non-hydrogen) atoms. The Kier molecular flexibility index (Phi) is 5.74. The molecule has 1 aromatic carbocycles. The molecule has 0 radical (unpaired) electrons. The first kappa shape index (κ1) is 16.1. The number of hydrogen-bond donors (Lipinski definition) is 0. The van der Waals surface area contributed by atoms with Crippen molar-refractivity contribution in [3.63, 3.8) is 0 Å². The third-order valence-corrected chi connectivity index (χ3v) is 5.23. The van der Waals surface area contributed by atoms with E-state index >= 15 is 0 Å². The Balaban J connectivity index is 2.00. The summed E-state index contributed by atoms with van der Waals surface area (Å²) in [6.45, 7) is 7.98. The fraction of sp³-hybridized carbons (Fsp3) is 0.625. The first-order valence-corrected chi connectivity index (χ1v) is 8.17. The van der Waals surface area contributed by atoms with Crippen LogP contribution in [0.25, 0.3) is 0 Å². The number of likely N-dealkylation sites (tertiary alicyclic amines) is 1. The van der Waals surface area contributed by atoms with Crippen molar-refractivity contribution in [3.8, 4) is 0 Å². The Morgan fingerprint density at radius 3 is 2.75 bits per heavy atom. The largest absolute Gasteiger partial charge is 0.299 e. The molecule has 2 atom stereocenters. The van der Waals surface area contributed by atoms with E-state index in [9.17, 15) is 0 Å². The summed E-state index contributed by atoms with van der Waals surface area (Å²) < 4.78 is 0. The highest BCUT2D eigenvalue weighted by Gasteiger charge is 2.25. The molecule has 1 aliphatic heterocycles. The maximum absolute atomic E-state index is 6.12. The van der Waals surface area contributed by atoms with Gasteiger partial charge in [0.05, 0.1) is 10.0 Å². The molecule has 2 nitrogen and oxygen atoms in total. The number of halogens is 2. The average Bonchev–Trinajstić information content (AvgIpc) is 2.88. The predicted octanol–water partition coefficient (Wildman–Crippen LogP) is 4.47. The van der Waals surface area contributed by atoms with Gasteiger partial charge in [0.15, 0.2) is 0 Å². The normalized spacial score (nSPS) is 21.6. The van der Waals surface area contributed by atoms with E-state index in [-0.39, 0.29) is 0 Å². The molecule has 0 N–H and O–H groups in total. The molecule has 2 unspecified atom stereocenters. The zero-order valence-corrected chi connectivity index (χ0v) is 14.1. The lowest BCUT2D eigenvalue weighted by Gasteiger charge is -2.31. The number of rotatable bonds is 5. The highest BCUT2D eigenvalue weighted by atomic mass is 35.5. The summed E-state index contributed by atoms with van der Waals surface area (Å²) in [4.78, 5) is 5.00. The summed E-state index contributed by atoms with van der Waals surface area (Å²) in [6.07, 6.45) is 2.64. The van der Waals surface area contributed by atoms with Gasteiger partial charge in [0.25, 0.3) is 0 Å². The molecule has 0 aromatic heterocycles. The quantitative estimate of drug-likeness (QED) is 0.791. The standard InChI is InChI=1S/C16H24Cl2N2/c1-4-20-9-5-6-14(20)11-19(3)12(2)13-7-8-15(17)16(18)10-13/h7-8,10,12,14H,4-6,9,11H2,1-3H3. The van der Waals surface area contributed by atoms with Crippen molar-refractivity contribution in [2.24, 2.45) is 0 Å². The van der Waals surface area contributed by atoms with Crippen LogP contribution in [0.5, 0.6) is 0 Å². The van der Waals surface area contributed by atoms with Crippen LogP contribution in [-0.4, -0.2) is 42.5 Å². The summed E-state index contributed by atoms with van der Waals surface area (Å²) in [5, 5.41) is 1.26. The van der Waals surface area contributed by atoms with Crippen LogP contribution in [0.2, 0.25) is 10.0 Å². The molecule has 0 bridgehead atoms. The molecule has 1 aliphatic rings. The topological polar surface area (TPSA) is 6.48 Å². The van der Waals surface area contributed by atoms with E-state index in [1.165, 1.54) is 24.9 Å². The number of nitrogens with zero attached hydrogens (tertiary/aromatic N) is 2. The van der Waals surface area contributed by atoms with Gasteiger partial charge in [0.1, 0.15) is 0 Å². The first-order chi connectivity index (χ1) is 9.52. The molecule has 4 heteroatoms. The molecule has 1 fully saturated rings. The SMILES string of the molecule is CCN1CCCC1CN(C)C(C)c1ccc(Cl)c(Cl)c1. The number of benzene rings is 1. The minimum Gasteiger partial charge on any atom is -0.299 e. The van der Waals surface area contributed by atoms with E-state index in [4.69, 9.17) is 23.2 Å². The summed E-state index contributed by atoms with van der Waals surface area (Å²) in [7, 11) is 2.19. The van der Waals surface area contributed by atoms with Crippen LogP contribution in [-0.2, 0) is 0 Å². The molecule has 0 amide bonds. The predicted molar refractivity (Wildman–Crippen MR) is 87.8 cm³/mol. The van der Waals surface area contributed by atoms with Gasteiger partial charge >= 0.3 is 0 Å². The number of hydrogen-bond acceptors (Lipinski definition) is 2. The lowest BCUT2D eigenvalue weighted by molar-refractivity contribution is 0.170. The Morgan fingerprint density at radius 1 is 1.35 bits per heavy atom. The van der Waals surface area contributed by atoms with Crippen LogP contribution in [0.3, 0.4) is 0 Å². The third-order valence-electron chi connectivity index (χ3n) is 4.49. The van der Waals surface area contributed by atoms with Gasteiger partial charge in [-0.3, -0.25) is 9.80 Å². The molecule has 0 saturated carbocycles. The monoisotopic (exact) mass is 314 g/mol. The Hall–Kier alpha value is -0.280. The molecule has 2 rings (SSSR count). The van der Waals surface area contributed by atoms with Crippen molar-refractivity contribution in [2.75, 3.05) is 26.7 Å². The Morgan fingerprint density at radius 2 is 2.10 bits per heavy atom. The zero-order chi connectivity index (χ0) is 14.7. The van der Waals surface area contributed by atoms with E-state index in [0.717, 1.165) is 13.1 Å². The second kappa shape index (κ2) is 7.13. The van der Waals surface area contributed by atoms with Gasteiger partial charge in [-0.15, -0.1) is 0 Å². The maximum atomic E-state index is 6.12. The van der Waals surface area contributed by atoms with Gasteiger partial charge in [-0.25, -0.2) is 0 Å². The zero-order valence-electron chi connectivity index (χ0n) is 12.6. The van der Waals surface area contributed by atoms with Crippen LogP contribution in [0.15, 0.2) is 18.2 Å². The van der Waals surface area contributed by atoms with Crippen molar-refractivity contribution in [1.29, 1.82) is 0 Å². The van der Waals surface area contributed by atoms with Crippen molar-refractivity contribution in [1.82, 2.24) is 9.80 Å². The van der Waals surface area contributed by atoms with Crippen molar-refractivity contribution >= 4 is 23.2 Å². The molecular formula is C16H24Cl2N2. The third kappa shape index (κ3) is 3.67. The van der Waals surface area contributed by atoms with E-state index < -0.39 is 0 Å². The van der Waals surface area contributed by atoms with Crippen LogP contribution < -0.4 is 0 Å². The molecule has 1 heterocycles. The molecule has 0 aliphatic carbocycles. The average molecular weight is 315 g/mol. The summed E-state index contributed by atoms with van der Waals surface area (Å²) in [5.41, 5.74) is 1.22. The molecule has 1 aromatic rings. The lowest BCUT2D eigenvalue weighted by atomic mass is 10.1.